The molecule has 1 saturated carbocycles. The lowest BCUT2D eigenvalue weighted by Gasteiger charge is -2.11. The molecule has 1 amide bonds. The molecule has 0 bridgehead atoms. The molecule has 0 spiro atoms. The van der Waals surface area contributed by atoms with E-state index in [4.69, 9.17) is 5.73 Å². The third kappa shape index (κ3) is 3.55. The SMILES string of the molecule is NCC#Cc1cc(F)ccc1NC(=O)C1CCCC1. The first-order valence-electron chi connectivity index (χ1n) is 6.50. The highest BCUT2D eigenvalue weighted by Crippen LogP contribution is 2.26. The van der Waals surface area contributed by atoms with Gasteiger partial charge in [0.2, 0.25) is 5.91 Å². The molecular weight excluding hydrogens is 243 g/mol. The second-order valence-electron chi connectivity index (χ2n) is 4.67. The second kappa shape index (κ2) is 6.35. The summed E-state index contributed by atoms with van der Waals surface area (Å²) in [5.74, 6) is 5.15. The molecular formula is C15H17FN2O. The Kier molecular flexibility index (Phi) is 4.53. The van der Waals surface area contributed by atoms with Crippen LogP contribution in [0.3, 0.4) is 0 Å². The summed E-state index contributed by atoms with van der Waals surface area (Å²) in [7, 11) is 0. The van der Waals surface area contributed by atoms with Crippen molar-refractivity contribution in [1.82, 2.24) is 0 Å². The fraction of sp³-hybridized carbons (Fsp3) is 0.400. The van der Waals surface area contributed by atoms with Gasteiger partial charge in [0, 0.05) is 5.92 Å². The quantitative estimate of drug-likeness (QED) is 0.801. The lowest BCUT2D eigenvalue weighted by molar-refractivity contribution is -0.119. The monoisotopic (exact) mass is 260 g/mol. The van der Waals surface area contributed by atoms with E-state index < -0.39 is 0 Å². The van der Waals surface area contributed by atoms with E-state index in [2.05, 4.69) is 17.2 Å². The summed E-state index contributed by atoms with van der Waals surface area (Å²) < 4.78 is 13.2. The summed E-state index contributed by atoms with van der Waals surface area (Å²) >= 11 is 0. The maximum absolute atomic E-state index is 13.2. The first-order valence-corrected chi connectivity index (χ1v) is 6.50. The van der Waals surface area contributed by atoms with Gasteiger partial charge in [-0.15, -0.1) is 0 Å². The van der Waals surface area contributed by atoms with Crippen molar-refractivity contribution in [2.24, 2.45) is 11.7 Å². The maximum Gasteiger partial charge on any atom is 0.227 e. The highest BCUT2D eigenvalue weighted by atomic mass is 19.1. The van der Waals surface area contributed by atoms with Gasteiger partial charge in [-0.2, -0.15) is 0 Å². The average Bonchev–Trinajstić information content (AvgIpc) is 2.93. The van der Waals surface area contributed by atoms with Gasteiger partial charge in [-0.25, -0.2) is 4.39 Å². The molecule has 0 atom stereocenters. The third-order valence-electron chi connectivity index (χ3n) is 3.29. The van der Waals surface area contributed by atoms with Crippen LogP contribution in [0.5, 0.6) is 0 Å². The first-order chi connectivity index (χ1) is 9.20. The van der Waals surface area contributed by atoms with Crippen LogP contribution in [-0.4, -0.2) is 12.5 Å². The molecule has 3 nitrogen and oxygen atoms in total. The highest BCUT2D eigenvalue weighted by Gasteiger charge is 2.23. The van der Waals surface area contributed by atoms with Gasteiger partial charge in [0.05, 0.1) is 17.8 Å². The summed E-state index contributed by atoms with van der Waals surface area (Å²) in [5.41, 5.74) is 6.33. The normalized spacial score (nSPS) is 14.8. The molecule has 0 radical (unpaired) electrons. The maximum atomic E-state index is 13.2. The van der Waals surface area contributed by atoms with Gasteiger partial charge in [0.1, 0.15) is 5.82 Å². The van der Waals surface area contributed by atoms with Gasteiger partial charge in [-0.05, 0) is 31.0 Å². The minimum Gasteiger partial charge on any atom is -0.325 e. The van der Waals surface area contributed by atoms with Crippen molar-refractivity contribution < 1.29 is 9.18 Å². The van der Waals surface area contributed by atoms with Crippen LogP contribution < -0.4 is 11.1 Å². The van der Waals surface area contributed by atoms with E-state index in [0.717, 1.165) is 25.7 Å². The number of hydrogen-bond acceptors (Lipinski definition) is 2. The second-order valence-corrected chi connectivity index (χ2v) is 4.67. The molecule has 0 unspecified atom stereocenters. The van der Waals surface area contributed by atoms with Crippen LogP contribution in [-0.2, 0) is 4.79 Å². The molecule has 2 rings (SSSR count). The number of carbonyl (C=O) groups excluding carboxylic acids is 1. The zero-order chi connectivity index (χ0) is 13.7. The van der Waals surface area contributed by atoms with Crippen LogP contribution >= 0.6 is 0 Å². The van der Waals surface area contributed by atoms with Gasteiger partial charge >= 0.3 is 0 Å². The molecule has 0 aliphatic heterocycles. The Bertz CT molecular complexity index is 525. The van der Waals surface area contributed by atoms with Crippen molar-refractivity contribution in [2.45, 2.75) is 25.7 Å². The average molecular weight is 260 g/mol. The zero-order valence-electron chi connectivity index (χ0n) is 10.7. The molecule has 4 heteroatoms. The van der Waals surface area contributed by atoms with E-state index in [1.54, 1.807) is 6.07 Å². The molecule has 1 fully saturated rings. The van der Waals surface area contributed by atoms with Crippen LogP contribution in [0.4, 0.5) is 10.1 Å². The van der Waals surface area contributed by atoms with Crippen molar-refractivity contribution in [1.29, 1.82) is 0 Å². The van der Waals surface area contributed by atoms with Crippen LogP contribution in [0, 0.1) is 23.6 Å². The number of halogens is 1. The summed E-state index contributed by atoms with van der Waals surface area (Å²) in [6, 6.07) is 4.17. The Labute approximate surface area is 112 Å². The van der Waals surface area contributed by atoms with E-state index in [-0.39, 0.29) is 24.2 Å². The molecule has 1 aliphatic rings. The Morgan fingerprint density at radius 1 is 1.42 bits per heavy atom. The Balaban J connectivity index is 2.16. The van der Waals surface area contributed by atoms with Gasteiger partial charge < -0.3 is 11.1 Å². The Hall–Kier alpha value is -1.86. The van der Waals surface area contributed by atoms with Gasteiger partial charge in [-0.1, -0.05) is 24.7 Å². The number of benzene rings is 1. The molecule has 0 heterocycles. The predicted molar refractivity (Wildman–Crippen MR) is 72.9 cm³/mol. The van der Waals surface area contributed by atoms with E-state index in [9.17, 15) is 9.18 Å². The van der Waals surface area contributed by atoms with Crippen molar-refractivity contribution in [2.75, 3.05) is 11.9 Å². The summed E-state index contributed by atoms with van der Waals surface area (Å²) in [6.45, 7) is 0.201. The summed E-state index contributed by atoms with van der Waals surface area (Å²) in [5, 5.41) is 2.84. The summed E-state index contributed by atoms with van der Waals surface area (Å²) in [6.07, 6.45) is 4.05. The topological polar surface area (TPSA) is 55.1 Å². The van der Waals surface area contributed by atoms with Gasteiger partial charge in [0.15, 0.2) is 0 Å². The number of hydrogen-bond donors (Lipinski definition) is 2. The molecule has 3 N–H and O–H groups in total. The van der Waals surface area contributed by atoms with Gasteiger partial charge in [0.25, 0.3) is 0 Å². The highest BCUT2D eigenvalue weighted by molar-refractivity contribution is 5.94. The Morgan fingerprint density at radius 3 is 2.84 bits per heavy atom. The lowest BCUT2D eigenvalue weighted by atomic mass is 10.1. The Morgan fingerprint density at radius 2 is 2.16 bits per heavy atom. The van der Waals surface area contributed by atoms with E-state index in [1.807, 2.05) is 0 Å². The molecule has 100 valence electrons. The fourth-order valence-electron chi connectivity index (χ4n) is 2.30. The minimum absolute atomic E-state index is 0.0000865. The number of carbonyl (C=O) groups is 1. The van der Waals surface area contributed by atoms with Crippen molar-refractivity contribution in [3.63, 3.8) is 0 Å². The molecule has 0 saturated heterocycles. The number of anilines is 1. The molecule has 1 aliphatic carbocycles. The third-order valence-corrected chi connectivity index (χ3v) is 3.29. The van der Waals surface area contributed by atoms with Gasteiger partial charge in [-0.3, -0.25) is 4.79 Å². The van der Waals surface area contributed by atoms with Crippen LogP contribution in [0.1, 0.15) is 31.2 Å². The standard InChI is InChI=1S/C15H17FN2O/c16-13-7-8-14(12(10-13)6-3-9-17)18-15(19)11-4-1-2-5-11/h7-8,10-11H,1-2,4-5,9,17H2,(H,18,19). The van der Waals surface area contributed by atoms with E-state index in [1.165, 1.54) is 12.1 Å². The van der Waals surface area contributed by atoms with Crippen LogP contribution in [0.2, 0.25) is 0 Å². The minimum atomic E-state index is -0.375. The smallest absolute Gasteiger partial charge is 0.227 e. The number of rotatable bonds is 2. The van der Waals surface area contributed by atoms with Crippen LogP contribution in [0.15, 0.2) is 18.2 Å². The predicted octanol–water partition coefficient (Wildman–Crippen LogP) is 2.26. The van der Waals surface area contributed by atoms with Crippen LogP contribution in [0.25, 0.3) is 0 Å². The van der Waals surface area contributed by atoms with Crippen molar-refractivity contribution in [3.05, 3.63) is 29.6 Å². The molecule has 0 aromatic heterocycles. The number of amides is 1. The van der Waals surface area contributed by atoms with Crippen molar-refractivity contribution >= 4 is 11.6 Å². The molecule has 1 aromatic carbocycles. The first kappa shape index (κ1) is 13.6. The number of nitrogens with one attached hydrogen (secondary N) is 1. The van der Waals surface area contributed by atoms with Crippen molar-refractivity contribution in [3.8, 4) is 11.8 Å². The fourth-order valence-corrected chi connectivity index (χ4v) is 2.30. The van der Waals surface area contributed by atoms with E-state index in [0.29, 0.717) is 11.3 Å². The number of nitrogens with two attached hydrogens (primary N) is 1. The lowest BCUT2D eigenvalue weighted by Crippen LogP contribution is -2.20. The van der Waals surface area contributed by atoms with E-state index >= 15 is 0 Å². The molecule has 1 aromatic rings. The largest absolute Gasteiger partial charge is 0.325 e. The molecule has 19 heavy (non-hydrogen) atoms. The summed E-state index contributed by atoms with van der Waals surface area (Å²) in [4.78, 5) is 12.0. The zero-order valence-corrected chi connectivity index (χ0v) is 10.7.